The molecule has 2 aromatic carbocycles. The SMILES string of the molecule is C=CC(=O)OCCCCOc1ccc(C(=O)OC2=CC=C(OC(=O)c3ccc(C)cc3)CC2)cc1. The third-order valence-electron chi connectivity index (χ3n) is 5.12. The normalized spacial score (nSPS) is 12.6. The number of esters is 3. The fourth-order valence-corrected chi connectivity index (χ4v) is 3.13. The molecule has 0 spiro atoms. The molecule has 1 aliphatic carbocycles. The van der Waals surface area contributed by atoms with Crippen LogP contribution < -0.4 is 4.74 Å². The monoisotopic (exact) mass is 476 g/mol. The van der Waals surface area contributed by atoms with E-state index in [1.54, 1.807) is 48.6 Å². The Morgan fingerprint density at radius 3 is 1.83 bits per heavy atom. The molecule has 0 heterocycles. The first-order valence-electron chi connectivity index (χ1n) is 11.4. The van der Waals surface area contributed by atoms with Gasteiger partial charge in [0, 0.05) is 18.9 Å². The number of ether oxygens (including phenoxy) is 4. The molecule has 7 heteroatoms. The Hall–Kier alpha value is -4.13. The van der Waals surface area contributed by atoms with Crippen LogP contribution >= 0.6 is 0 Å². The number of unbranched alkanes of at least 4 members (excludes halogenated alkanes) is 1. The van der Waals surface area contributed by atoms with Gasteiger partial charge in [-0.25, -0.2) is 14.4 Å². The Balaban J connectivity index is 1.42. The molecule has 0 N–H and O–H groups in total. The van der Waals surface area contributed by atoms with Gasteiger partial charge in [0.05, 0.1) is 24.3 Å². The van der Waals surface area contributed by atoms with E-state index in [9.17, 15) is 14.4 Å². The number of benzene rings is 2. The third-order valence-corrected chi connectivity index (χ3v) is 5.12. The molecule has 1 aliphatic rings. The van der Waals surface area contributed by atoms with Crippen LogP contribution in [0.15, 0.2) is 84.9 Å². The Labute approximate surface area is 204 Å². The zero-order valence-electron chi connectivity index (χ0n) is 19.7. The van der Waals surface area contributed by atoms with Crippen molar-refractivity contribution in [1.82, 2.24) is 0 Å². The number of carbonyl (C=O) groups excluding carboxylic acids is 3. The lowest BCUT2D eigenvalue weighted by atomic mass is 10.1. The predicted octanol–water partition coefficient (Wildman–Crippen LogP) is 5.46. The van der Waals surface area contributed by atoms with Crippen LogP contribution in [0.5, 0.6) is 5.75 Å². The summed E-state index contributed by atoms with van der Waals surface area (Å²) in [5, 5.41) is 0. The number of aryl methyl sites for hydroxylation is 1. The minimum atomic E-state index is -0.472. The first kappa shape index (κ1) is 25.5. The Morgan fingerprint density at radius 1 is 0.800 bits per heavy atom. The van der Waals surface area contributed by atoms with E-state index in [-0.39, 0.29) is 0 Å². The van der Waals surface area contributed by atoms with Crippen molar-refractivity contribution in [2.75, 3.05) is 13.2 Å². The maximum Gasteiger partial charge on any atom is 0.343 e. The molecule has 0 radical (unpaired) electrons. The second-order valence-electron chi connectivity index (χ2n) is 7.86. The van der Waals surface area contributed by atoms with Crippen molar-refractivity contribution in [3.8, 4) is 5.75 Å². The van der Waals surface area contributed by atoms with Gasteiger partial charge in [-0.3, -0.25) is 0 Å². The van der Waals surface area contributed by atoms with Crippen LogP contribution in [0.2, 0.25) is 0 Å². The maximum absolute atomic E-state index is 12.4. The van der Waals surface area contributed by atoms with Crippen LogP contribution in [0.25, 0.3) is 0 Å². The molecule has 7 nitrogen and oxygen atoms in total. The van der Waals surface area contributed by atoms with E-state index in [1.807, 2.05) is 19.1 Å². The lowest BCUT2D eigenvalue weighted by Crippen LogP contribution is -2.10. The van der Waals surface area contributed by atoms with Crippen LogP contribution in [0, 0.1) is 6.92 Å². The number of hydrogen-bond donors (Lipinski definition) is 0. The Morgan fingerprint density at radius 2 is 1.31 bits per heavy atom. The van der Waals surface area contributed by atoms with Crippen LogP contribution in [-0.2, 0) is 19.0 Å². The molecule has 3 rings (SSSR count). The summed E-state index contributed by atoms with van der Waals surface area (Å²) in [6, 6.07) is 13.8. The Bertz CT molecular complexity index is 1110. The molecule has 182 valence electrons. The summed E-state index contributed by atoms with van der Waals surface area (Å²) in [5.41, 5.74) is 1.95. The number of allylic oxidation sites excluding steroid dienone is 4. The molecule has 2 aromatic rings. The highest BCUT2D eigenvalue weighted by Crippen LogP contribution is 2.23. The van der Waals surface area contributed by atoms with Gasteiger partial charge in [0.25, 0.3) is 0 Å². The summed E-state index contributed by atoms with van der Waals surface area (Å²) in [5.74, 6) is 0.335. The topological polar surface area (TPSA) is 88.1 Å². The lowest BCUT2D eigenvalue weighted by molar-refractivity contribution is -0.137. The van der Waals surface area contributed by atoms with Crippen LogP contribution in [-0.4, -0.2) is 31.1 Å². The van der Waals surface area contributed by atoms with Crippen molar-refractivity contribution in [3.63, 3.8) is 0 Å². The maximum atomic E-state index is 12.4. The highest BCUT2D eigenvalue weighted by Gasteiger charge is 2.17. The summed E-state index contributed by atoms with van der Waals surface area (Å²) in [4.78, 5) is 35.6. The lowest BCUT2D eigenvalue weighted by Gasteiger charge is -2.15. The second kappa shape index (κ2) is 12.9. The minimum absolute atomic E-state index is 0.320. The fraction of sp³-hybridized carbons (Fsp3) is 0.250. The molecule has 0 saturated heterocycles. The van der Waals surface area contributed by atoms with E-state index in [4.69, 9.17) is 18.9 Å². The molecule has 35 heavy (non-hydrogen) atoms. The van der Waals surface area contributed by atoms with E-state index < -0.39 is 17.9 Å². The Kier molecular flexibility index (Phi) is 9.42. The van der Waals surface area contributed by atoms with Crippen molar-refractivity contribution >= 4 is 17.9 Å². The smallest absolute Gasteiger partial charge is 0.343 e. The number of rotatable bonds is 11. The summed E-state index contributed by atoms with van der Waals surface area (Å²) in [6.07, 6.45) is 6.72. The van der Waals surface area contributed by atoms with E-state index in [1.165, 1.54) is 0 Å². The van der Waals surface area contributed by atoms with E-state index in [0.29, 0.717) is 60.9 Å². The predicted molar refractivity (Wildman–Crippen MR) is 130 cm³/mol. The zero-order chi connectivity index (χ0) is 25.0. The van der Waals surface area contributed by atoms with Crippen molar-refractivity contribution in [2.45, 2.75) is 32.6 Å². The highest BCUT2D eigenvalue weighted by molar-refractivity contribution is 5.91. The molecule has 0 atom stereocenters. The summed E-state index contributed by atoms with van der Waals surface area (Å²) >= 11 is 0. The highest BCUT2D eigenvalue weighted by atomic mass is 16.5. The molecular formula is C28H28O7. The van der Waals surface area contributed by atoms with Gasteiger partial charge < -0.3 is 18.9 Å². The van der Waals surface area contributed by atoms with Crippen LogP contribution in [0.4, 0.5) is 0 Å². The summed E-state index contributed by atoms with van der Waals surface area (Å²) in [6.45, 7) is 6.07. The van der Waals surface area contributed by atoms with Gasteiger partial charge in [-0.15, -0.1) is 0 Å². The molecule has 0 unspecified atom stereocenters. The van der Waals surface area contributed by atoms with Crippen molar-refractivity contribution in [3.05, 3.63) is 102 Å². The molecule has 0 saturated carbocycles. The van der Waals surface area contributed by atoms with Crippen LogP contribution in [0.1, 0.15) is 52.0 Å². The van der Waals surface area contributed by atoms with Gasteiger partial charge >= 0.3 is 17.9 Å². The molecule has 0 aliphatic heterocycles. The van der Waals surface area contributed by atoms with Gasteiger partial charge in [-0.05, 0) is 68.3 Å². The van der Waals surface area contributed by atoms with E-state index in [2.05, 4.69) is 6.58 Å². The summed E-state index contributed by atoms with van der Waals surface area (Å²) < 4.78 is 21.4. The zero-order valence-corrected chi connectivity index (χ0v) is 19.7. The number of carbonyl (C=O) groups is 3. The molecule has 0 aromatic heterocycles. The second-order valence-corrected chi connectivity index (χ2v) is 7.86. The average molecular weight is 477 g/mol. The van der Waals surface area contributed by atoms with Crippen molar-refractivity contribution < 1.29 is 33.3 Å². The summed E-state index contributed by atoms with van der Waals surface area (Å²) in [7, 11) is 0. The van der Waals surface area contributed by atoms with E-state index in [0.717, 1.165) is 18.1 Å². The van der Waals surface area contributed by atoms with Crippen LogP contribution in [0.3, 0.4) is 0 Å². The molecule has 0 bridgehead atoms. The molecular weight excluding hydrogens is 448 g/mol. The standard InChI is InChI=1S/C28H28O7/c1-3-26(29)33-19-5-4-18-32-23-12-10-22(11-13-23)28(31)35-25-16-14-24(15-17-25)34-27(30)21-8-6-20(2)7-9-21/h3,6-14,16H,1,4-5,15,17-19H2,2H3. The van der Waals surface area contributed by atoms with Gasteiger partial charge in [-0.2, -0.15) is 0 Å². The third kappa shape index (κ3) is 8.30. The van der Waals surface area contributed by atoms with Gasteiger partial charge in [0.1, 0.15) is 17.3 Å². The largest absolute Gasteiger partial charge is 0.494 e. The van der Waals surface area contributed by atoms with E-state index >= 15 is 0 Å². The molecule has 0 amide bonds. The first-order chi connectivity index (χ1) is 16.9. The van der Waals surface area contributed by atoms with Crippen molar-refractivity contribution in [2.24, 2.45) is 0 Å². The van der Waals surface area contributed by atoms with Gasteiger partial charge in [0.15, 0.2) is 0 Å². The van der Waals surface area contributed by atoms with Gasteiger partial charge in [-0.1, -0.05) is 24.3 Å². The quantitative estimate of drug-likeness (QED) is 0.184. The molecule has 0 fully saturated rings. The van der Waals surface area contributed by atoms with Gasteiger partial charge in [0.2, 0.25) is 0 Å². The average Bonchev–Trinajstić information content (AvgIpc) is 2.87. The minimum Gasteiger partial charge on any atom is -0.494 e. The fourth-order valence-electron chi connectivity index (χ4n) is 3.13. The first-order valence-corrected chi connectivity index (χ1v) is 11.4. The number of hydrogen-bond acceptors (Lipinski definition) is 7. The van der Waals surface area contributed by atoms with Crippen molar-refractivity contribution in [1.29, 1.82) is 0 Å².